The molecule has 1 atom stereocenters. The molecule has 2 amide bonds. The fraction of sp³-hybridized carbons (Fsp3) is 0.111. The standard InChI is InChI=1S/C27H24N2O3/c28-25(30)17-19-13-15-22(16-14-19)32-18-26(31)29-27(21-8-2-1-3-9-21)24-12-6-10-20-7-4-5-11-23(20)24/h1-16,27H,17-18H2,(H2,28,30)(H,29,31). The molecule has 4 rings (SSSR count). The van der Waals surface area contributed by atoms with E-state index in [1.807, 2.05) is 54.6 Å². The van der Waals surface area contributed by atoms with Gasteiger partial charge in [0, 0.05) is 0 Å². The molecule has 3 N–H and O–H groups in total. The zero-order chi connectivity index (χ0) is 22.3. The second-order valence-electron chi connectivity index (χ2n) is 7.56. The Bertz CT molecular complexity index is 1220. The Kier molecular flexibility index (Phi) is 6.46. The average Bonchev–Trinajstić information content (AvgIpc) is 2.82. The highest BCUT2D eigenvalue weighted by Crippen LogP contribution is 2.29. The SMILES string of the molecule is NC(=O)Cc1ccc(OCC(=O)NC(c2ccccc2)c2cccc3ccccc23)cc1. The first-order valence-corrected chi connectivity index (χ1v) is 10.4. The van der Waals surface area contributed by atoms with Gasteiger partial charge in [0.1, 0.15) is 5.75 Å². The van der Waals surface area contributed by atoms with E-state index in [9.17, 15) is 9.59 Å². The molecule has 0 saturated carbocycles. The number of benzene rings is 4. The van der Waals surface area contributed by atoms with Crippen LogP contribution >= 0.6 is 0 Å². The molecule has 0 fully saturated rings. The minimum absolute atomic E-state index is 0.122. The Hall–Kier alpha value is -4.12. The van der Waals surface area contributed by atoms with Gasteiger partial charge in [0.2, 0.25) is 5.91 Å². The van der Waals surface area contributed by atoms with Gasteiger partial charge in [0.15, 0.2) is 6.61 Å². The summed E-state index contributed by atoms with van der Waals surface area (Å²) in [6.07, 6.45) is 0.171. The van der Waals surface area contributed by atoms with Crippen LogP contribution in [0, 0.1) is 0 Å². The number of carbonyl (C=O) groups is 2. The van der Waals surface area contributed by atoms with Crippen molar-refractivity contribution in [2.24, 2.45) is 5.73 Å². The number of ether oxygens (including phenoxy) is 1. The Morgan fingerprint density at radius 2 is 1.50 bits per heavy atom. The van der Waals surface area contributed by atoms with Crippen molar-refractivity contribution in [3.63, 3.8) is 0 Å². The first kappa shape index (κ1) is 21.1. The van der Waals surface area contributed by atoms with E-state index in [-0.39, 0.29) is 25.0 Å². The van der Waals surface area contributed by atoms with E-state index >= 15 is 0 Å². The fourth-order valence-electron chi connectivity index (χ4n) is 3.74. The smallest absolute Gasteiger partial charge is 0.258 e. The van der Waals surface area contributed by atoms with Gasteiger partial charge >= 0.3 is 0 Å². The van der Waals surface area contributed by atoms with E-state index in [1.54, 1.807) is 24.3 Å². The summed E-state index contributed by atoms with van der Waals surface area (Å²) in [5.74, 6) is -0.0683. The number of nitrogens with two attached hydrogens (primary N) is 1. The van der Waals surface area contributed by atoms with E-state index in [0.29, 0.717) is 5.75 Å². The number of fused-ring (bicyclic) bond motifs is 1. The third kappa shape index (κ3) is 5.13. The molecule has 0 heterocycles. The van der Waals surface area contributed by atoms with E-state index < -0.39 is 5.91 Å². The predicted molar refractivity (Wildman–Crippen MR) is 125 cm³/mol. The lowest BCUT2D eigenvalue weighted by molar-refractivity contribution is -0.123. The minimum Gasteiger partial charge on any atom is -0.484 e. The van der Waals surface area contributed by atoms with Crippen molar-refractivity contribution in [3.8, 4) is 5.75 Å². The first-order chi connectivity index (χ1) is 15.6. The summed E-state index contributed by atoms with van der Waals surface area (Å²) >= 11 is 0. The van der Waals surface area contributed by atoms with Crippen molar-refractivity contribution < 1.29 is 14.3 Å². The number of amides is 2. The highest BCUT2D eigenvalue weighted by molar-refractivity contribution is 5.87. The zero-order valence-electron chi connectivity index (χ0n) is 17.5. The van der Waals surface area contributed by atoms with Crippen LogP contribution < -0.4 is 15.8 Å². The second-order valence-corrected chi connectivity index (χ2v) is 7.56. The molecule has 0 aliphatic carbocycles. The number of nitrogens with one attached hydrogen (secondary N) is 1. The van der Waals surface area contributed by atoms with Crippen molar-refractivity contribution in [1.82, 2.24) is 5.32 Å². The first-order valence-electron chi connectivity index (χ1n) is 10.4. The van der Waals surface area contributed by atoms with Crippen LogP contribution in [-0.4, -0.2) is 18.4 Å². The molecular formula is C27H24N2O3. The summed E-state index contributed by atoms with van der Waals surface area (Å²) in [7, 11) is 0. The van der Waals surface area contributed by atoms with Gasteiger partial charge in [-0.1, -0.05) is 84.9 Å². The van der Waals surface area contributed by atoms with Gasteiger partial charge in [-0.3, -0.25) is 9.59 Å². The van der Waals surface area contributed by atoms with Crippen LogP contribution in [0.1, 0.15) is 22.7 Å². The lowest BCUT2D eigenvalue weighted by Crippen LogP contribution is -2.33. The lowest BCUT2D eigenvalue weighted by atomic mass is 9.93. The Morgan fingerprint density at radius 1 is 0.812 bits per heavy atom. The summed E-state index contributed by atoms with van der Waals surface area (Å²) in [5, 5.41) is 5.34. The van der Waals surface area contributed by atoms with Gasteiger partial charge in [-0.2, -0.15) is 0 Å². The second kappa shape index (κ2) is 9.79. The number of hydrogen-bond donors (Lipinski definition) is 2. The molecule has 0 saturated heterocycles. The Morgan fingerprint density at radius 3 is 2.25 bits per heavy atom. The summed E-state index contributed by atoms with van der Waals surface area (Å²) < 4.78 is 5.66. The average molecular weight is 425 g/mol. The maximum absolute atomic E-state index is 12.8. The number of primary amides is 1. The monoisotopic (exact) mass is 424 g/mol. The molecule has 160 valence electrons. The molecule has 5 heteroatoms. The predicted octanol–water partition coefficient (Wildman–Crippen LogP) is 4.15. The van der Waals surface area contributed by atoms with Gasteiger partial charge in [-0.25, -0.2) is 0 Å². The van der Waals surface area contributed by atoms with E-state index in [4.69, 9.17) is 10.5 Å². The zero-order valence-corrected chi connectivity index (χ0v) is 17.5. The fourth-order valence-corrected chi connectivity index (χ4v) is 3.74. The van der Waals surface area contributed by atoms with E-state index in [1.165, 1.54) is 0 Å². The molecule has 0 aliphatic heterocycles. The van der Waals surface area contributed by atoms with Crippen molar-refractivity contribution in [1.29, 1.82) is 0 Å². The van der Waals surface area contributed by atoms with Gasteiger partial charge in [-0.05, 0) is 39.6 Å². The largest absolute Gasteiger partial charge is 0.484 e. The van der Waals surface area contributed by atoms with E-state index in [2.05, 4.69) is 23.5 Å². The van der Waals surface area contributed by atoms with Crippen molar-refractivity contribution >= 4 is 22.6 Å². The molecule has 0 aromatic heterocycles. The molecule has 0 radical (unpaired) electrons. The van der Waals surface area contributed by atoms with Crippen LogP contribution in [0.25, 0.3) is 10.8 Å². The third-order valence-electron chi connectivity index (χ3n) is 5.24. The van der Waals surface area contributed by atoms with Crippen molar-refractivity contribution in [2.45, 2.75) is 12.5 Å². The molecule has 32 heavy (non-hydrogen) atoms. The summed E-state index contributed by atoms with van der Waals surface area (Å²) in [6, 6.07) is 30.8. The summed E-state index contributed by atoms with van der Waals surface area (Å²) in [6.45, 7) is -0.122. The van der Waals surface area contributed by atoms with Crippen LogP contribution in [0.15, 0.2) is 97.1 Å². The van der Waals surface area contributed by atoms with Crippen LogP contribution in [0.5, 0.6) is 5.75 Å². The van der Waals surface area contributed by atoms with Gasteiger partial charge in [0.25, 0.3) is 5.91 Å². The minimum atomic E-state index is -0.390. The topological polar surface area (TPSA) is 81.4 Å². The number of carbonyl (C=O) groups excluding carboxylic acids is 2. The van der Waals surface area contributed by atoms with E-state index in [0.717, 1.165) is 27.5 Å². The molecule has 4 aromatic carbocycles. The van der Waals surface area contributed by atoms with Crippen molar-refractivity contribution in [2.75, 3.05) is 6.61 Å². The molecule has 0 aliphatic rings. The van der Waals surface area contributed by atoms with Crippen LogP contribution in [0.3, 0.4) is 0 Å². The van der Waals surface area contributed by atoms with Gasteiger partial charge in [0.05, 0.1) is 12.5 Å². The van der Waals surface area contributed by atoms with Crippen LogP contribution in [0.4, 0.5) is 0 Å². The lowest BCUT2D eigenvalue weighted by Gasteiger charge is -2.22. The third-order valence-corrected chi connectivity index (χ3v) is 5.24. The van der Waals surface area contributed by atoms with Gasteiger partial charge in [-0.15, -0.1) is 0 Å². The normalized spacial score (nSPS) is 11.6. The molecular weight excluding hydrogens is 400 g/mol. The molecule has 0 spiro atoms. The maximum atomic E-state index is 12.8. The molecule has 1 unspecified atom stereocenters. The summed E-state index contributed by atoms with van der Waals surface area (Å²) in [4.78, 5) is 23.8. The highest BCUT2D eigenvalue weighted by Gasteiger charge is 2.19. The number of rotatable bonds is 8. The highest BCUT2D eigenvalue weighted by atomic mass is 16.5. The quantitative estimate of drug-likeness (QED) is 0.446. The van der Waals surface area contributed by atoms with Gasteiger partial charge < -0.3 is 15.8 Å². The number of hydrogen-bond acceptors (Lipinski definition) is 3. The molecule has 5 nitrogen and oxygen atoms in total. The van der Waals surface area contributed by atoms with Crippen LogP contribution in [0.2, 0.25) is 0 Å². The Labute approximate surface area is 186 Å². The molecule has 0 bridgehead atoms. The van der Waals surface area contributed by atoms with Crippen molar-refractivity contribution in [3.05, 3.63) is 114 Å². The maximum Gasteiger partial charge on any atom is 0.258 e. The van der Waals surface area contributed by atoms with Crippen LogP contribution in [-0.2, 0) is 16.0 Å². The molecule has 4 aromatic rings. The Balaban J connectivity index is 1.51. The summed E-state index contributed by atoms with van der Waals surface area (Å²) in [5.41, 5.74) is 8.03.